The molecule has 7 nitrogen and oxygen atoms in total. The van der Waals surface area contributed by atoms with E-state index in [0.717, 1.165) is 5.82 Å². The van der Waals surface area contributed by atoms with Crippen LogP contribution < -0.4 is 9.64 Å². The molecule has 0 saturated carbocycles. The van der Waals surface area contributed by atoms with Gasteiger partial charge in [0, 0.05) is 37.4 Å². The molecule has 0 bridgehead atoms. The average Bonchev–Trinajstić information content (AvgIpc) is 2.62. The van der Waals surface area contributed by atoms with E-state index in [9.17, 15) is 8.42 Å². The molecule has 3 rings (SSSR count). The van der Waals surface area contributed by atoms with Crippen molar-refractivity contribution in [2.45, 2.75) is 4.90 Å². The standard InChI is InChI=1S/C15H17ClN4O3S/c1-23-13-5-4-12(16)11-14(13)24(21,22)20-9-7-19(8-10-20)15-3-2-6-17-18-15/h2-6,11H,7-10H2,1H3. The summed E-state index contributed by atoms with van der Waals surface area (Å²) in [6.45, 7) is 1.80. The SMILES string of the molecule is COc1ccc(Cl)cc1S(=O)(=O)N1CCN(c2cccnn2)CC1. The van der Waals surface area contributed by atoms with E-state index in [4.69, 9.17) is 16.3 Å². The molecule has 1 fully saturated rings. The van der Waals surface area contributed by atoms with Crippen LogP contribution in [0.5, 0.6) is 5.75 Å². The maximum atomic E-state index is 12.9. The Morgan fingerprint density at radius 3 is 2.54 bits per heavy atom. The van der Waals surface area contributed by atoms with Crippen molar-refractivity contribution in [2.24, 2.45) is 0 Å². The van der Waals surface area contributed by atoms with Crippen molar-refractivity contribution in [1.82, 2.24) is 14.5 Å². The summed E-state index contributed by atoms with van der Waals surface area (Å²) >= 11 is 5.96. The molecule has 24 heavy (non-hydrogen) atoms. The van der Waals surface area contributed by atoms with Gasteiger partial charge in [0.15, 0.2) is 5.82 Å². The average molecular weight is 369 g/mol. The number of ether oxygens (including phenoxy) is 1. The van der Waals surface area contributed by atoms with E-state index in [1.807, 2.05) is 17.0 Å². The number of hydrogen-bond acceptors (Lipinski definition) is 6. The normalized spacial score (nSPS) is 16.2. The monoisotopic (exact) mass is 368 g/mol. The lowest BCUT2D eigenvalue weighted by Crippen LogP contribution is -2.49. The van der Waals surface area contributed by atoms with Crippen molar-refractivity contribution >= 4 is 27.4 Å². The molecule has 0 radical (unpaired) electrons. The Hall–Kier alpha value is -1.90. The largest absolute Gasteiger partial charge is 0.495 e. The van der Waals surface area contributed by atoms with Gasteiger partial charge in [0.25, 0.3) is 0 Å². The lowest BCUT2D eigenvalue weighted by molar-refractivity contribution is 0.373. The van der Waals surface area contributed by atoms with Gasteiger partial charge in [-0.2, -0.15) is 9.40 Å². The molecular formula is C15H17ClN4O3S. The molecule has 2 aromatic rings. The third-order valence-corrected chi connectivity index (χ3v) is 6.02. The van der Waals surface area contributed by atoms with Crippen LogP contribution in [0, 0.1) is 0 Å². The predicted octanol–water partition coefficient (Wildman–Crippen LogP) is 1.65. The molecule has 0 amide bonds. The molecule has 0 spiro atoms. The van der Waals surface area contributed by atoms with Gasteiger partial charge in [-0.15, -0.1) is 5.10 Å². The van der Waals surface area contributed by atoms with Crippen LogP contribution in [0.15, 0.2) is 41.4 Å². The zero-order chi connectivity index (χ0) is 17.2. The number of aromatic nitrogens is 2. The molecule has 1 saturated heterocycles. The summed E-state index contributed by atoms with van der Waals surface area (Å²) in [5, 5.41) is 8.26. The zero-order valence-electron chi connectivity index (χ0n) is 13.1. The van der Waals surface area contributed by atoms with Crippen LogP contribution in [0.1, 0.15) is 0 Å². The first kappa shape index (κ1) is 16.9. The number of benzene rings is 1. The van der Waals surface area contributed by atoms with Crippen LogP contribution in [0.3, 0.4) is 0 Å². The van der Waals surface area contributed by atoms with E-state index in [1.54, 1.807) is 18.3 Å². The number of rotatable bonds is 4. The van der Waals surface area contributed by atoms with Crippen molar-refractivity contribution in [3.63, 3.8) is 0 Å². The van der Waals surface area contributed by atoms with Gasteiger partial charge in [0.1, 0.15) is 10.6 Å². The molecule has 128 valence electrons. The molecule has 1 aliphatic rings. The molecule has 9 heteroatoms. The highest BCUT2D eigenvalue weighted by molar-refractivity contribution is 7.89. The van der Waals surface area contributed by atoms with Crippen LogP contribution in [-0.4, -0.2) is 56.2 Å². The first-order valence-corrected chi connectivity index (χ1v) is 9.20. The second-order valence-corrected chi connectivity index (χ2v) is 7.61. The minimum Gasteiger partial charge on any atom is -0.495 e. The summed E-state index contributed by atoms with van der Waals surface area (Å²) < 4.78 is 32.4. The van der Waals surface area contributed by atoms with Gasteiger partial charge in [0.2, 0.25) is 10.0 Å². The first-order chi connectivity index (χ1) is 11.5. The predicted molar refractivity (Wildman–Crippen MR) is 91.0 cm³/mol. The minimum atomic E-state index is -3.67. The topological polar surface area (TPSA) is 75.6 Å². The number of sulfonamides is 1. The van der Waals surface area contributed by atoms with Gasteiger partial charge in [-0.05, 0) is 30.3 Å². The van der Waals surface area contributed by atoms with Crippen molar-refractivity contribution < 1.29 is 13.2 Å². The number of piperazine rings is 1. The molecule has 2 heterocycles. The summed E-state index contributed by atoms with van der Waals surface area (Å²) in [4.78, 5) is 2.10. The van der Waals surface area contributed by atoms with Crippen LogP contribution >= 0.6 is 11.6 Å². The highest BCUT2D eigenvalue weighted by Gasteiger charge is 2.31. The Balaban J connectivity index is 1.79. The van der Waals surface area contributed by atoms with E-state index in [-0.39, 0.29) is 10.6 Å². The van der Waals surface area contributed by atoms with Gasteiger partial charge in [0.05, 0.1) is 7.11 Å². The van der Waals surface area contributed by atoms with Crippen LogP contribution in [0.25, 0.3) is 0 Å². The lowest BCUT2D eigenvalue weighted by atomic mass is 10.3. The molecule has 1 aromatic carbocycles. The summed E-state index contributed by atoms with van der Waals surface area (Å²) in [6, 6.07) is 8.25. The number of anilines is 1. The first-order valence-electron chi connectivity index (χ1n) is 7.39. The Labute approximate surface area is 145 Å². The summed E-state index contributed by atoms with van der Waals surface area (Å²) in [5.74, 6) is 1.03. The third-order valence-electron chi connectivity index (χ3n) is 3.86. The molecule has 1 aromatic heterocycles. The Bertz CT molecular complexity index is 809. The molecule has 0 aliphatic carbocycles. The minimum absolute atomic E-state index is 0.0884. The van der Waals surface area contributed by atoms with E-state index < -0.39 is 10.0 Å². The van der Waals surface area contributed by atoms with E-state index in [1.165, 1.54) is 17.5 Å². The van der Waals surface area contributed by atoms with E-state index in [2.05, 4.69) is 10.2 Å². The summed E-state index contributed by atoms with van der Waals surface area (Å²) in [5.41, 5.74) is 0. The second kappa shape index (κ2) is 6.92. The van der Waals surface area contributed by atoms with Crippen molar-refractivity contribution in [3.05, 3.63) is 41.6 Å². The fourth-order valence-corrected chi connectivity index (χ4v) is 4.45. The third kappa shape index (κ3) is 3.31. The maximum Gasteiger partial charge on any atom is 0.246 e. The van der Waals surface area contributed by atoms with Gasteiger partial charge < -0.3 is 9.64 Å². The molecule has 1 aliphatic heterocycles. The van der Waals surface area contributed by atoms with E-state index in [0.29, 0.717) is 31.2 Å². The summed E-state index contributed by atoms with van der Waals surface area (Å²) in [6.07, 6.45) is 1.61. The molecule has 0 unspecified atom stereocenters. The Kier molecular flexibility index (Phi) is 4.88. The van der Waals surface area contributed by atoms with Crippen molar-refractivity contribution in [3.8, 4) is 5.75 Å². The van der Waals surface area contributed by atoms with Gasteiger partial charge in [-0.25, -0.2) is 8.42 Å². The van der Waals surface area contributed by atoms with E-state index >= 15 is 0 Å². The highest BCUT2D eigenvalue weighted by atomic mass is 35.5. The number of halogens is 1. The Morgan fingerprint density at radius 1 is 1.17 bits per heavy atom. The van der Waals surface area contributed by atoms with Crippen LogP contribution in [-0.2, 0) is 10.0 Å². The van der Waals surface area contributed by atoms with Crippen LogP contribution in [0.2, 0.25) is 5.02 Å². The zero-order valence-corrected chi connectivity index (χ0v) is 14.7. The lowest BCUT2D eigenvalue weighted by Gasteiger charge is -2.34. The highest BCUT2D eigenvalue weighted by Crippen LogP contribution is 2.30. The fraction of sp³-hybridized carbons (Fsp3) is 0.333. The smallest absolute Gasteiger partial charge is 0.246 e. The van der Waals surface area contributed by atoms with Gasteiger partial charge in [-0.3, -0.25) is 0 Å². The quantitative estimate of drug-likeness (QED) is 0.816. The number of hydrogen-bond donors (Lipinski definition) is 0. The maximum absolute atomic E-state index is 12.9. The van der Waals surface area contributed by atoms with Gasteiger partial charge in [-0.1, -0.05) is 11.6 Å². The van der Waals surface area contributed by atoms with Crippen molar-refractivity contribution in [1.29, 1.82) is 0 Å². The number of nitrogens with zero attached hydrogens (tertiary/aromatic N) is 4. The fourth-order valence-electron chi connectivity index (χ4n) is 2.61. The second-order valence-electron chi connectivity index (χ2n) is 5.27. The van der Waals surface area contributed by atoms with Crippen LogP contribution in [0.4, 0.5) is 5.82 Å². The number of methoxy groups -OCH3 is 1. The molecule has 0 atom stereocenters. The van der Waals surface area contributed by atoms with Gasteiger partial charge >= 0.3 is 0 Å². The Morgan fingerprint density at radius 2 is 1.92 bits per heavy atom. The molecular weight excluding hydrogens is 352 g/mol. The van der Waals surface area contributed by atoms with Crippen molar-refractivity contribution in [2.75, 3.05) is 38.2 Å². The molecule has 0 N–H and O–H groups in total. The summed E-state index contributed by atoms with van der Waals surface area (Å²) in [7, 11) is -2.23.